The van der Waals surface area contributed by atoms with Crippen molar-refractivity contribution in [2.75, 3.05) is 14.1 Å². The summed E-state index contributed by atoms with van der Waals surface area (Å²) < 4.78 is 0. The first kappa shape index (κ1) is 14.3. The normalized spacial score (nSPS) is 12.4. The van der Waals surface area contributed by atoms with Crippen LogP contribution in [0.15, 0.2) is 49.2 Å². The lowest BCUT2D eigenvalue weighted by atomic mass is 9.99. The van der Waals surface area contributed by atoms with Gasteiger partial charge in [-0.1, -0.05) is 49.9 Å². The second-order valence-electron chi connectivity index (χ2n) is 4.50. The Labute approximate surface area is 111 Å². The topological polar surface area (TPSA) is 3.24 Å². The lowest BCUT2D eigenvalue weighted by Gasteiger charge is -2.10. The van der Waals surface area contributed by atoms with Crippen molar-refractivity contribution in [2.24, 2.45) is 0 Å². The Kier molecular flexibility index (Phi) is 5.44. The third kappa shape index (κ3) is 3.63. The minimum Gasteiger partial charge on any atom is -0.383 e. The van der Waals surface area contributed by atoms with Crippen LogP contribution < -0.4 is 0 Å². The highest BCUT2D eigenvalue weighted by Crippen LogP contribution is 2.22. The summed E-state index contributed by atoms with van der Waals surface area (Å²) >= 11 is 0. The first-order valence-electron chi connectivity index (χ1n) is 6.39. The molecule has 96 valence electrons. The van der Waals surface area contributed by atoms with Crippen molar-refractivity contribution in [1.82, 2.24) is 4.90 Å². The van der Waals surface area contributed by atoms with Crippen molar-refractivity contribution in [1.29, 1.82) is 0 Å². The van der Waals surface area contributed by atoms with Gasteiger partial charge in [0.15, 0.2) is 0 Å². The Morgan fingerprint density at radius 1 is 1.17 bits per heavy atom. The molecule has 0 bridgehead atoms. The minimum absolute atomic E-state index is 1.07. The van der Waals surface area contributed by atoms with Gasteiger partial charge >= 0.3 is 0 Å². The number of hydrogen-bond donors (Lipinski definition) is 0. The van der Waals surface area contributed by atoms with Gasteiger partial charge in [-0.15, -0.1) is 0 Å². The Balaban J connectivity index is 3.05. The largest absolute Gasteiger partial charge is 0.383 e. The monoisotopic (exact) mass is 241 g/mol. The van der Waals surface area contributed by atoms with Crippen molar-refractivity contribution in [3.05, 3.63) is 60.3 Å². The molecule has 0 aromatic heterocycles. The molecule has 0 spiro atoms. The number of hydrogen-bond acceptors (Lipinski definition) is 1. The highest BCUT2D eigenvalue weighted by atomic mass is 15.0. The van der Waals surface area contributed by atoms with E-state index in [0.29, 0.717) is 0 Å². The molecule has 0 N–H and O–H groups in total. The van der Waals surface area contributed by atoms with Gasteiger partial charge < -0.3 is 4.90 Å². The van der Waals surface area contributed by atoms with E-state index in [1.165, 1.54) is 16.7 Å². The molecule has 0 unspecified atom stereocenters. The Bertz CT molecular complexity index is 447. The van der Waals surface area contributed by atoms with Gasteiger partial charge in [-0.05, 0) is 35.6 Å². The van der Waals surface area contributed by atoms with Crippen LogP contribution in [-0.4, -0.2) is 19.0 Å². The molecule has 0 amide bonds. The Hall–Kier alpha value is -1.76. The SMILES string of the molecule is C=C/C(=C\N(C)C)c1ccc(/C(=C/C)CC)cc1. The lowest BCUT2D eigenvalue weighted by Crippen LogP contribution is -2.02. The summed E-state index contributed by atoms with van der Waals surface area (Å²) in [6, 6.07) is 8.68. The van der Waals surface area contributed by atoms with Crippen LogP contribution in [0.2, 0.25) is 0 Å². The maximum Gasteiger partial charge on any atom is 0.00645 e. The third-order valence-electron chi connectivity index (χ3n) is 2.94. The molecule has 0 atom stereocenters. The van der Waals surface area contributed by atoms with Crippen LogP contribution in [0.4, 0.5) is 0 Å². The van der Waals surface area contributed by atoms with Crippen LogP contribution in [0.3, 0.4) is 0 Å². The molecule has 0 aliphatic carbocycles. The molecular weight excluding hydrogens is 218 g/mol. The fraction of sp³-hybridized carbons (Fsp3) is 0.294. The van der Waals surface area contributed by atoms with E-state index in [1.54, 1.807) is 0 Å². The molecule has 0 saturated heterocycles. The molecule has 1 aromatic carbocycles. The van der Waals surface area contributed by atoms with E-state index in [2.05, 4.69) is 57.0 Å². The van der Waals surface area contributed by atoms with Gasteiger partial charge in [0, 0.05) is 20.3 Å². The maximum absolute atomic E-state index is 3.87. The number of nitrogens with zero attached hydrogens (tertiary/aromatic N) is 1. The molecule has 1 rings (SSSR count). The number of benzene rings is 1. The zero-order chi connectivity index (χ0) is 13.5. The smallest absolute Gasteiger partial charge is 0.00645 e. The van der Waals surface area contributed by atoms with Gasteiger partial charge in [0.2, 0.25) is 0 Å². The fourth-order valence-electron chi connectivity index (χ4n) is 1.97. The first-order chi connectivity index (χ1) is 8.62. The van der Waals surface area contributed by atoms with Crippen molar-refractivity contribution in [2.45, 2.75) is 20.3 Å². The second-order valence-corrected chi connectivity index (χ2v) is 4.50. The maximum atomic E-state index is 3.87. The van der Waals surface area contributed by atoms with E-state index >= 15 is 0 Å². The van der Waals surface area contributed by atoms with Gasteiger partial charge in [-0.2, -0.15) is 0 Å². The van der Waals surface area contributed by atoms with Crippen LogP contribution in [0.25, 0.3) is 11.1 Å². The highest BCUT2D eigenvalue weighted by Gasteiger charge is 2.01. The summed E-state index contributed by atoms with van der Waals surface area (Å²) in [5, 5.41) is 0. The number of rotatable bonds is 5. The molecule has 1 aromatic rings. The molecular formula is C17H23N. The van der Waals surface area contributed by atoms with E-state index in [1.807, 2.05) is 25.1 Å². The van der Waals surface area contributed by atoms with Crippen LogP contribution in [0, 0.1) is 0 Å². The summed E-state index contributed by atoms with van der Waals surface area (Å²) in [5.74, 6) is 0. The fourth-order valence-corrected chi connectivity index (χ4v) is 1.97. The van der Waals surface area contributed by atoms with E-state index in [4.69, 9.17) is 0 Å². The summed E-state index contributed by atoms with van der Waals surface area (Å²) in [6.07, 6.45) is 7.22. The minimum atomic E-state index is 1.07. The standard InChI is InChI=1S/C17H23N/c1-6-14(7-2)16-9-11-17(12-10-16)15(8-3)13-18(4)5/h6,8-13H,3,7H2,1-2,4-5H3/b14-6+,15-13+. The molecule has 0 heterocycles. The molecule has 1 heteroatoms. The number of allylic oxidation sites excluding steroid dienone is 4. The van der Waals surface area contributed by atoms with Crippen molar-refractivity contribution < 1.29 is 0 Å². The van der Waals surface area contributed by atoms with Crippen LogP contribution in [-0.2, 0) is 0 Å². The van der Waals surface area contributed by atoms with Crippen LogP contribution >= 0.6 is 0 Å². The van der Waals surface area contributed by atoms with Gasteiger partial charge in [-0.25, -0.2) is 0 Å². The van der Waals surface area contributed by atoms with Crippen LogP contribution in [0.5, 0.6) is 0 Å². The van der Waals surface area contributed by atoms with Gasteiger partial charge in [-0.3, -0.25) is 0 Å². The van der Waals surface area contributed by atoms with E-state index in [-0.39, 0.29) is 0 Å². The first-order valence-corrected chi connectivity index (χ1v) is 6.39. The summed E-state index contributed by atoms with van der Waals surface area (Å²) in [7, 11) is 4.04. The molecule has 0 radical (unpaired) electrons. The van der Waals surface area contributed by atoms with E-state index < -0.39 is 0 Å². The highest BCUT2D eigenvalue weighted by molar-refractivity contribution is 5.75. The van der Waals surface area contributed by atoms with E-state index in [9.17, 15) is 0 Å². The van der Waals surface area contributed by atoms with Crippen molar-refractivity contribution >= 4 is 11.1 Å². The van der Waals surface area contributed by atoms with E-state index in [0.717, 1.165) is 12.0 Å². The Morgan fingerprint density at radius 3 is 2.11 bits per heavy atom. The summed E-state index contributed by atoms with van der Waals surface area (Å²) in [5.41, 5.74) is 5.04. The van der Waals surface area contributed by atoms with Gasteiger partial charge in [0.25, 0.3) is 0 Å². The molecule has 0 aliphatic rings. The lowest BCUT2D eigenvalue weighted by molar-refractivity contribution is 0.566. The van der Waals surface area contributed by atoms with Crippen molar-refractivity contribution in [3.8, 4) is 0 Å². The molecule has 0 fully saturated rings. The second kappa shape index (κ2) is 6.85. The third-order valence-corrected chi connectivity index (χ3v) is 2.94. The van der Waals surface area contributed by atoms with Crippen LogP contribution in [0.1, 0.15) is 31.4 Å². The predicted octanol–water partition coefficient (Wildman–Crippen LogP) is 4.59. The van der Waals surface area contributed by atoms with Crippen molar-refractivity contribution in [3.63, 3.8) is 0 Å². The molecule has 1 nitrogen and oxygen atoms in total. The van der Waals surface area contributed by atoms with Gasteiger partial charge in [0.05, 0.1) is 0 Å². The predicted molar refractivity (Wildman–Crippen MR) is 82.2 cm³/mol. The molecule has 0 saturated carbocycles. The van der Waals surface area contributed by atoms with Gasteiger partial charge in [0.1, 0.15) is 0 Å². The Morgan fingerprint density at radius 2 is 1.72 bits per heavy atom. The zero-order valence-electron chi connectivity index (χ0n) is 11.9. The summed E-state index contributed by atoms with van der Waals surface area (Å²) in [4.78, 5) is 2.04. The molecule has 0 aliphatic heterocycles. The molecule has 18 heavy (non-hydrogen) atoms. The average Bonchev–Trinajstić information content (AvgIpc) is 2.38. The zero-order valence-corrected chi connectivity index (χ0v) is 11.9. The summed E-state index contributed by atoms with van der Waals surface area (Å²) in [6.45, 7) is 8.15. The average molecular weight is 241 g/mol. The quantitative estimate of drug-likeness (QED) is 0.682.